The van der Waals surface area contributed by atoms with Gasteiger partial charge >= 0.3 is 5.97 Å². The number of carboxylic acids is 1. The van der Waals surface area contributed by atoms with E-state index in [1.165, 1.54) is 19.4 Å². The fraction of sp³-hybridized carbons (Fsp3) is 0.682. The molecule has 3 amide bonds. The Morgan fingerprint density at radius 2 is 1.71 bits per heavy atom. The number of H-pyrrole nitrogens is 1. The highest BCUT2D eigenvalue weighted by Crippen LogP contribution is 2.08. The highest BCUT2D eigenvalue weighted by Gasteiger charge is 2.33. The smallest absolute Gasteiger partial charge is 0.326 e. The number of aromatic amines is 1. The first-order valence-corrected chi connectivity index (χ1v) is 11.8. The van der Waals surface area contributed by atoms with Gasteiger partial charge in [-0.05, 0) is 38.6 Å². The van der Waals surface area contributed by atoms with Crippen LogP contribution in [0.25, 0.3) is 0 Å². The van der Waals surface area contributed by atoms with E-state index in [1.54, 1.807) is 0 Å². The Labute approximate surface area is 204 Å². The van der Waals surface area contributed by atoms with Crippen molar-refractivity contribution in [2.45, 2.75) is 83.1 Å². The van der Waals surface area contributed by atoms with Gasteiger partial charge in [-0.25, -0.2) is 9.78 Å². The molecule has 13 heteroatoms. The molecule has 198 valence electrons. The van der Waals surface area contributed by atoms with Crippen LogP contribution < -0.4 is 27.4 Å². The Hall–Kier alpha value is -3.03. The third-order valence-electron chi connectivity index (χ3n) is 5.80. The molecule has 0 saturated carbocycles. The molecule has 1 aromatic rings. The molecule has 0 radical (unpaired) electrons. The molecule has 6 atom stereocenters. The quantitative estimate of drug-likeness (QED) is 0.123. The first-order chi connectivity index (χ1) is 16.5. The van der Waals surface area contributed by atoms with Crippen molar-refractivity contribution < 1.29 is 29.4 Å². The van der Waals surface area contributed by atoms with Crippen molar-refractivity contribution >= 4 is 23.7 Å². The number of nitrogens with two attached hydrogens (primary N) is 2. The van der Waals surface area contributed by atoms with Gasteiger partial charge in [0.2, 0.25) is 17.7 Å². The largest absolute Gasteiger partial charge is 0.480 e. The summed E-state index contributed by atoms with van der Waals surface area (Å²) in [4.78, 5) is 56.8. The predicted octanol–water partition coefficient (Wildman–Crippen LogP) is -1.63. The van der Waals surface area contributed by atoms with E-state index in [-0.39, 0.29) is 18.8 Å². The second kappa shape index (κ2) is 15.1. The number of hydrogen-bond acceptors (Lipinski definition) is 8. The van der Waals surface area contributed by atoms with E-state index in [4.69, 9.17) is 11.5 Å². The summed E-state index contributed by atoms with van der Waals surface area (Å²) in [6, 6.07) is -4.64. The number of aromatic nitrogens is 2. The van der Waals surface area contributed by atoms with E-state index >= 15 is 0 Å². The van der Waals surface area contributed by atoms with Gasteiger partial charge in [-0.2, -0.15) is 0 Å². The minimum absolute atomic E-state index is 0.0236. The van der Waals surface area contributed by atoms with Crippen LogP contribution in [-0.4, -0.2) is 80.7 Å². The van der Waals surface area contributed by atoms with Gasteiger partial charge in [-0.15, -0.1) is 0 Å². The van der Waals surface area contributed by atoms with Crippen LogP contribution in [0.1, 0.15) is 52.1 Å². The van der Waals surface area contributed by atoms with Crippen molar-refractivity contribution in [3.63, 3.8) is 0 Å². The number of nitrogens with zero attached hydrogens (tertiary/aromatic N) is 1. The molecule has 13 nitrogen and oxygen atoms in total. The highest BCUT2D eigenvalue weighted by atomic mass is 16.4. The number of hydrogen-bond donors (Lipinski definition) is 8. The van der Waals surface area contributed by atoms with E-state index in [2.05, 4.69) is 25.9 Å². The number of aliphatic hydroxyl groups excluding tert-OH is 1. The van der Waals surface area contributed by atoms with E-state index in [9.17, 15) is 29.4 Å². The molecule has 0 spiro atoms. The SMILES string of the molecule is CCC(C)C(N)C(=O)NC(Cc1cnc[nH]1)C(=O)NC(C(=O)NC(CCCCN)C(=O)O)C(C)O. The molecular formula is C22H39N7O6. The monoisotopic (exact) mass is 497 g/mol. The van der Waals surface area contributed by atoms with E-state index in [0.29, 0.717) is 31.5 Å². The van der Waals surface area contributed by atoms with E-state index in [0.717, 1.165) is 0 Å². The zero-order valence-corrected chi connectivity index (χ0v) is 20.5. The molecule has 10 N–H and O–H groups in total. The van der Waals surface area contributed by atoms with Crippen molar-refractivity contribution in [3.05, 3.63) is 18.2 Å². The molecule has 0 saturated heterocycles. The molecule has 0 aliphatic rings. The first kappa shape index (κ1) is 30.0. The predicted molar refractivity (Wildman–Crippen MR) is 128 cm³/mol. The maximum atomic E-state index is 13.1. The summed E-state index contributed by atoms with van der Waals surface area (Å²) in [5, 5.41) is 26.9. The lowest BCUT2D eigenvalue weighted by molar-refractivity contribution is -0.143. The number of carboxylic acid groups (broad SMARTS) is 1. The van der Waals surface area contributed by atoms with Gasteiger partial charge in [0, 0.05) is 18.3 Å². The van der Waals surface area contributed by atoms with Gasteiger partial charge in [0.15, 0.2) is 0 Å². The van der Waals surface area contributed by atoms with Crippen molar-refractivity contribution in [2.24, 2.45) is 17.4 Å². The summed E-state index contributed by atoms with van der Waals surface area (Å²) in [5.74, 6) is -3.52. The molecule has 6 unspecified atom stereocenters. The minimum Gasteiger partial charge on any atom is -0.480 e. The fourth-order valence-corrected chi connectivity index (χ4v) is 3.28. The van der Waals surface area contributed by atoms with Gasteiger partial charge < -0.3 is 42.6 Å². The van der Waals surface area contributed by atoms with Crippen LogP contribution in [0.2, 0.25) is 0 Å². The second-order valence-electron chi connectivity index (χ2n) is 8.66. The van der Waals surface area contributed by atoms with E-state index < -0.39 is 54.0 Å². The van der Waals surface area contributed by atoms with Crippen LogP contribution in [-0.2, 0) is 25.6 Å². The number of aliphatic hydroxyl groups is 1. The molecule has 1 aromatic heterocycles. The van der Waals surface area contributed by atoms with Crippen LogP contribution >= 0.6 is 0 Å². The van der Waals surface area contributed by atoms with Gasteiger partial charge in [0.1, 0.15) is 18.1 Å². The van der Waals surface area contributed by atoms with Crippen molar-refractivity contribution in [3.8, 4) is 0 Å². The first-order valence-electron chi connectivity index (χ1n) is 11.8. The van der Waals surface area contributed by atoms with Crippen molar-refractivity contribution in [1.29, 1.82) is 0 Å². The summed E-state index contributed by atoms with van der Waals surface area (Å²) in [5.41, 5.74) is 12.0. The average Bonchev–Trinajstić information content (AvgIpc) is 3.32. The van der Waals surface area contributed by atoms with Gasteiger partial charge in [-0.3, -0.25) is 14.4 Å². The summed E-state index contributed by atoms with van der Waals surface area (Å²) in [7, 11) is 0. The van der Waals surface area contributed by atoms with Gasteiger partial charge in [-0.1, -0.05) is 20.3 Å². The highest BCUT2D eigenvalue weighted by molar-refractivity contribution is 5.94. The molecule has 0 bridgehead atoms. The number of carbonyl (C=O) groups is 4. The third kappa shape index (κ3) is 10.0. The molecular weight excluding hydrogens is 458 g/mol. The van der Waals surface area contributed by atoms with Gasteiger partial charge in [0.25, 0.3) is 0 Å². The molecule has 0 fully saturated rings. The number of rotatable bonds is 16. The summed E-state index contributed by atoms with van der Waals surface area (Å²) in [6.45, 7) is 5.38. The average molecular weight is 498 g/mol. The topological polar surface area (TPSA) is 226 Å². The summed E-state index contributed by atoms with van der Waals surface area (Å²) in [6.07, 6.45) is 3.45. The van der Waals surface area contributed by atoms with Gasteiger partial charge in [0.05, 0.1) is 18.5 Å². The third-order valence-corrected chi connectivity index (χ3v) is 5.80. The Kier molecular flexibility index (Phi) is 12.9. The minimum atomic E-state index is -1.46. The number of unbranched alkanes of at least 4 members (excludes halogenated alkanes) is 1. The van der Waals surface area contributed by atoms with Crippen LogP contribution in [0.4, 0.5) is 0 Å². The fourth-order valence-electron chi connectivity index (χ4n) is 3.28. The van der Waals surface area contributed by atoms with Crippen LogP contribution in [0.5, 0.6) is 0 Å². The maximum absolute atomic E-state index is 13.1. The lowest BCUT2D eigenvalue weighted by Crippen LogP contribution is -2.60. The normalized spacial score (nSPS) is 16.3. The lowest BCUT2D eigenvalue weighted by Gasteiger charge is -2.27. The molecule has 0 aliphatic carbocycles. The molecule has 1 rings (SSSR count). The summed E-state index contributed by atoms with van der Waals surface area (Å²) >= 11 is 0. The number of aliphatic carboxylic acids is 1. The van der Waals surface area contributed by atoms with Crippen LogP contribution in [0, 0.1) is 5.92 Å². The van der Waals surface area contributed by atoms with Crippen molar-refractivity contribution in [2.75, 3.05) is 6.54 Å². The number of nitrogens with one attached hydrogen (secondary N) is 4. The summed E-state index contributed by atoms with van der Waals surface area (Å²) < 4.78 is 0. The number of amides is 3. The Bertz CT molecular complexity index is 817. The van der Waals surface area contributed by atoms with Crippen LogP contribution in [0.3, 0.4) is 0 Å². The Morgan fingerprint density at radius 3 is 2.23 bits per heavy atom. The Morgan fingerprint density at radius 1 is 1.06 bits per heavy atom. The zero-order chi connectivity index (χ0) is 26.5. The standard InChI is InChI=1S/C22H39N7O6/c1-4-12(2)17(24)20(32)28-16(9-14-10-25-11-26-14)19(31)29-18(13(3)30)21(33)27-15(22(34)35)7-5-6-8-23/h10-13,15-18,30H,4-9,23-24H2,1-3H3,(H,25,26)(H,27,33)(H,28,32)(H,29,31)(H,34,35). The number of imidazole rings is 1. The molecule has 0 aromatic carbocycles. The maximum Gasteiger partial charge on any atom is 0.326 e. The van der Waals surface area contributed by atoms with E-state index in [1.807, 2.05) is 13.8 Å². The molecule has 0 aliphatic heterocycles. The van der Waals surface area contributed by atoms with Crippen LogP contribution in [0.15, 0.2) is 12.5 Å². The molecule has 35 heavy (non-hydrogen) atoms. The number of carbonyl (C=O) groups excluding carboxylic acids is 3. The second-order valence-corrected chi connectivity index (χ2v) is 8.66. The molecule has 1 heterocycles. The zero-order valence-electron chi connectivity index (χ0n) is 20.5. The lowest BCUT2D eigenvalue weighted by atomic mass is 9.98. The Balaban J connectivity index is 2.99. The van der Waals surface area contributed by atoms with Crippen molar-refractivity contribution in [1.82, 2.24) is 25.9 Å².